The fourth-order valence-electron chi connectivity index (χ4n) is 2.22. The van der Waals surface area contributed by atoms with Crippen LogP contribution in [0.5, 0.6) is 5.75 Å². The van der Waals surface area contributed by atoms with Crippen LogP contribution in [0.4, 0.5) is 0 Å². The fraction of sp³-hybridized carbons (Fsp3) is 0.417. The summed E-state index contributed by atoms with van der Waals surface area (Å²) in [4.78, 5) is 11.0. The number of aliphatic carboxylic acids is 1. The van der Waals surface area contributed by atoms with E-state index in [2.05, 4.69) is 5.32 Å². The number of hydrogen-bond acceptors (Lipinski definition) is 3. The van der Waals surface area contributed by atoms with Crippen LogP contribution >= 0.6 is 0 Å². The lowest BCUT2D eigenvalue weighted by molar-refractivity contribution is -0.142. The van der Waals surface area contributed by atoms with Crippen molar-refractivity contribution in [2.45, 2.75) is 6.42 Å². The summed E-state index contributed by atoms with van der Waals surface area (Å²) in [5.41, 5.74) is 0.986. The molecule has 2 rings (SSSR count). The lowest BCUT2D eigenvalue weighted by Gasteiger charge is -2.14. The van der Waals surface area contributed by atoms with Crippen LogP contribution in [0, 0.1) is 11.8 Å². The van der Waals surface area contributed by atoms with E-state index in [9.17, 15) is 9.90 Å². The third kappa shape index (κ3) is 2.33. The van der Waals surface area contributed by atoms with Gasteiger partial charge < -0.3 is 15.5 Å². The van der Waals surface area contributed by atoms with Gasteiger partial charge in [-0.25, -0.2) is 0 Å². The fourth-order valence-corrected chi connectivity index (χ4v) is 2.22. The number of aromatic hydroxyl groups is 1. The number of rotatable bonds is 3. The van der Waals surface area contributed by atoms with Crippen LogP contribution in [0.25, 0.3) is 0 Å². The average molecular weight is 221 g/mol. The van der Waals surface area contributed by atoms with Crippen LogP contribution < -0.4 is 5.32 Å². The predicted octanol–water partition coefficient (Wildman–Crippen LogP) is 0.855. The lowest BCUT2D eigenvalue weighted by Crippen LogP contribution is -2.23. The van der Waals surface area contributed by atoms with E-state index in [0.29, 0.717) is 13.0 Å². The van der Waals surface area contributed by atoms with Crippen molar-refractivity contribution in [2.75, 3.05) is 13.1 Å². The number of phenols is 1. The second kappa shape index (κ2) is 4.53. The summed E-state index contributed by atoms with van der Waals surface area (Å²) in [5, 5.41) is 21.5. The van der Waals surface area contributed by atoms with Gasteiger partial charge in [-0.15, -0.1) is 0 Å². The molecule has 0 bridgehead atoms. The van der Waals surface area contributed by atoms with E-state index in [1.807, 2.05) is 6.07 Å². The second-order valence-electron chi connectivity index (χ2n) is 4.24. The van der Waals surface area contributed by atoms with Gasteiger partial charge >= 0.3 is 5.97 Å². The molecular weight excluding hydrogens is 206 g/mol. The molecule has 1 heterocycles. The standard InChI is InChI=1S/C12H15NO3/c14-10-3-1-2-8(5-10)4-9-6-13-7-11(9)12(15)16/h1-3,5,9,11,13-14H,4,6-7H2,(H,15,16). The smallest absolute Gasteiger partial charge is 0.308 e. The van der Waals surface area contributed by atoms with Crippen molar-refractivity contribution in [1.82, 2.24) is 5.32 Å². The quantitative estimate of drug-likeness (QED) is 0.708. The number of carboxylic acids is 1. The van der Waals surface area contributed by atoms with Crippen molar-refractivity contribution in [3.05, 3.63) is 29.8 Å². The number of phenolic OH excluding ortho intramolecular Hbond substituents is 1. The molecule has 86 valence electrons. The molecule has 0 aromatic heterocycles. The maximum Gasteiger partial charge on any atom is 0.308 e. The zero-order valence-corrected chi connectivity index (χ0v) is 8.89. The van der Waals surface area contributed by atoms with Gasteiger partial charge in [-0.3, -0.25) is 4.79 Å². The summed E-state index contributed by atoms with van der Waals surface area (Å²) in [6, 6.07) is 7.00. The summed E-state index contributed by atoms with van der Waals surface area (Å²) < 4.78 is 0. The largest absolute Gasteiger partial charge is 0.508 e. The average Bonchev–Trinajstić information content (AvgIpc) is 2.66. The maximum atomic E-state index is 11.0. The molecule has 3 N–H and O–H groups in total. The molecule has 4 nitrogen and oxygen atoms in total. The first-order chi connectivity index (χ1) is 7.66. The molecule has 0 spiro atoms. The molecular formula is C12H15NO3. The van der Waals surface area contributed by atoms with Crippen LogP contribution in [-0.4, -0.2) is 29.3 Å². The van der Waals surface area contributed by atoms with E-state index in [0.717, 1.165) is 12.1 Å². The monoisotopic (exact) mass is 221 g/mol. The molecule has 1 aromatic rings. The number of nitrogens with one attached hydrogen (secondary N) is 1. The van der Waals surface area contributed by atoms with Gasteiger partial charge in [-0.05, 0) is 36.6 Å². The summed E-state index contributed by atoms with van der Waals surface area (Å²) in [7, 11) is 0. The Labute approximate surface area is 93.9 Å². The molecule has 2 unspecified atom stereocenters. The van der Waals surface area contributed by atoms with Crippen molar-refractivity contribution in [3.8, 4) is 5.75 Å². The summed E-state index contributed by atoms with van der Waals surface area (Å²) in [5.74, 6) is -0.716. The second-order valence-corrected chi connectivity index (χ2v) is 4.24. The highest BCUT2D eigenvalue weighted by molar-refractivity contribution is 5.71. The first kappa shape index (κ1) is 11.0. The Hall–Kier alpha value is -1.55. The third-order valence-electron chi connectivity index (χ3n) is 3.07. The van der Waals surface area contributed by atoms with Gasteiger partial charge in [-0.2, -0.15) is 0 Å². The molecule has 2 atom stereocenters. The van der Waals surface area contributed by atoms with Gasteiger partial charge in [0, 0.05) is 6.54 Å². The number of benzene rings is 1. The first-order valence-corrected chi connectivity index (χ1v) is 5.38. The molecule has 1 fully saturated rings. The molecule has 0 aliphatic carbocycles. The molecule has 16 heavy (non-hydrogen) atoms. The number of carbonyl (C=O) groups is 1. The van der Waals surface area contributed by atoms with Gasteiger partial charge in [0.15, 0.2) is 0 Å². The van der Waals surface area contributed by atoms with Crippen molar-refractivity contribution in [1.29, 1.82) is 0 Å². The Kier molecular flexibility index (Phi) is 3.10. The van der Waals surface area contributed by atoms with Gasteiger partial charge in [0.05, 0.1) is 5.92 Å². The Morgan fingerprint density at radius 2 is 2.25 bits per heavy atom. The molecule has 1 aliphatic heterocycles. The van der Waals surface area contributed by atoms with Crippen molar-refractivity contribution in [3.63, 3.8) is 0 Å². The van der Waals surface area contributed by atoms with E-state index in [1.165, 1.54) is 0 Å². The molecule has 0 amide bonds. The van der Waals surface area contributed by atoms with Crippen LogP contribution in [0.2, 0.25) is 0 Å². The lowest BCUT2D eigenvalue weighted by atomic mass is 9.90. The minimum absolute atomic E-state index is 0.110. The number of hydrogen-bond donors (Lipinski definition) is 3. The Bertz CT molecular complexity index is 392. The molecule has 1 saturated heterocycles. The van der Waals surface area contributed by atoms with Gasteiger partial charge in [0.2, 0.25) is 0 Å². The highest BCUT2D eigenvalue weighted by Crippen LogP contribution is 2.23. The summed E-state index contributed by atoms with van der Waals surface area (Å²) in [6.45, 7) is 1.27. The van der Waals surface area contributed by atoms with E-state index in [-0.39, 0.29) is 17.6 Å². The Balaban J connectivity index is 2.06. The Morgan fingerprint density at radius 3 is 2.94 bits per heavy atom. The minimum Gasteiger partial charge on any atom is -0.508 e. The zero-order chi connectivity index (χ0) is 11.5. The topological polar surface area (TPSA) is 69.6 Å². The molecule has 4 heteroatoms. The summed E-state index contributed by atoms with van der Waals surface area (Å²) >= 11 is 0. The van der Waals surface area contributed by atoms with Gasteiger partial charge in [-0.1, -0.05) is 12.1 Å². The van der Waals surface area contributed by atoms with E-state index in [4.69, 9.17) is 5.11 Å². The molecule has 0 saturated carbocycles. The zero-order valence-electron chi connectivity index (χ0n) is 8.89. The van der Waals surface area contributed by atoms with Crippen LogP contribution in [-0.2, 0) is 11.2 Å². The Morgan fingerprint density at radius 1 is 1.44 bits per heavy atom. The number of carboxylic acid groups (broad SMARTS) is 1. The minimum atomic E-state index is -0.741. The van der Waals surface area contributed by atoms with E-state index in [1.54, 1.807) is 18.2 Å². The van der Waals surface area contributed by atoms with Crippen molar-refractivity contribution in [2.24, 2.45) is 11.8 Å². The van der Waals surface area contributed by atoms with Gasteiger partial charge in [0.1, 0.15) is 5.75 Å². The highest BCUT2D eigenvalue weighted by atomic mass is 16.4. The van der Waals surface area contributed by atoms with E-state index >= 15 is 0 Å². The molecule has 1 aromatic carbocycles. The van der Waals surface area contributed by atoms with Gasteiger partial charge in [0.25, 0.3) is 0 Å². The predicted molar refractivity (Wildman–Crippen MR) is 59.3 cm³/mol. The van der Waals surface area contributed by atoms with Crippen LogP contribution in [0.15, 0.2) is 24.3 Å². The van der Waals surface area contributed by atoms with Crippen LogP contribution in [0.3, 0.4) is 0 Å². The van der Waals surface area contributed by atoms with Crippen LogP contribution in [0.1, 0.15) is 5.56 Å². The molecule has 0 radical (unpaired) electrons. The first-order valence-electron chi connectivity index (χ1n) is 5.38. The molecule has 1 aliphatic rings. The third-order valence-corrected chi connectivity index (χ3v) is 3.07. The van der Waals surface area contributed by atoms with Crippen molar-refractivity contribution < 1.29 is 15.0 Å². The van der Waals surface area contributed by atoms with E-state index < -0.39 is 5.97 Å². The summed E-state index contributed by atoms with van der Waals surface area (Å²) in [6.07, 6.45) is 0.693. The normalized spacial score (nSPS) is 24.5. The van der Waals surface area contributed by atoms with Crippen molar-refractivity contribution >= 4 is 5.97 Å². The SMILES string of the molecule is O=C(O)C1CNCC1Cc1cccc(O)c1. The highest BCUT2D eigenvalue weighted by Gasteiger charge is 2.32. The maximum absolute atomic E-state index is 11.0.